The average molecular weight is 459 g/mol. The van der Waals surface area contributed by atoms with Gasteiger partial charge < -0.3 is 9.64 Å². The summed E-state index contributed by atoms with van der Waals surface area (Å²) in [5.74, 6) is 0.492. The third-order valence-electron chi connectivity index (χ3n) is 5.43. The molecule has 0 atom stereocenters. The van der Waals surface area contributed by atoms with E-state index in [0.717, 1.165) is 25.9 Å². The van der Waals surface area contributed by atoms with Crippen LogP contribution in [-0.4, -0.2) is 57.4 Å². The number of carbonyl (C=O) groups is 1. The lowest BCUT2D eigenvalue weighted by molar-refractivity contribution is -0.122. The number of thioether (sulfide) groups is 1. The zero-order valence-electron chi connectivity index (χ0n) is 17.6. The Hall–Kier alpha value is -2.23. The molecule has 0 radical (unpaired) electrons. The third kappa shape index (κ3) is 4.68. The molecule has 9 heteroatoms. The highest BCUT2D eigenvalue weighted by Crippen LogP contribution is 2.34. The van der Waals surface area contributed by atoms with Gasteiger partial charge in [-0.25, -0.2) is 4.98 Å². The van der Waals surface area contributed by atoms with E-state index in [9.17, 15) is 9.59 Å². The Balaban J connectivity index is 1.70. The fourth-order valence-electron chi connectivity index (χ4n) is 3.86. The molecule has 164 valence electrons. The van der Waals surface area contributed by atoms with Crippen LogP contribution in [0.1, 0.15) is 38.2 Å². The van der Waals surface area contributed by atoms with Crippen molar-refractivity contribution in [1.29, 1.82) is 0 Å². The van der Waals surface area contributed by atoms with Crippen molar-refractivity contribution in [2.75, 3.05) is 37.7 Å². The molecule has 0 aliphatic carbocycles. The van der Waals surface area contributed by atoms with Gasteiger partial charge >= 0.3 is 0 Å². The predicted octanol–water partition coefficient (Wildman–Crippen LogP) is 3.31. The second-order valence-electron chi connectivity index (χ2n) is 7.51. The number of thiocarbonyl (C=S) groups is 1. The minimum atomic E-state index is -0.173. The maximum Gasteiger partial charge on any atom is 0.267 e. The number of hydrogen-bond donors (Lipinski definition) is 0. The number of nitrogens with zero attached hydrogens (tertiary/aromatic N) is 4. The van der Waals surface area contributed by atoms with E-state index in [0.29, 0.717) is 52.4 Å². The van der Waals surface area contributed by atoms with Crippen LogP contribution in [0.2, 0.25) is 0 Å². The highest BCUT2D eigenvalue weighted by Gasteiger charge is 2.32. The average Bonchev–Trinajstić information content (AvgIpc) is 3.06. The standard InChI is InChI=1S/C22H26N4O3S2/c1-2-29-14-8-13-26-21(28)17(31-22(26)30)15-16-19(24-10-5-3-6-11-24)23-18-9-4-7-12-25(18)20(16)27/h4,7,9,12,15H,2-3,5-6,8,10-11,13-14H2,1H3/b17-15+. The smallest absolute Gasteiger partial charge is 0.267 e. The largest absolute Gasteiger partial charge is 0.382 e. The highest BCUT2D eigenvalue weighted by atomic mass is 32.2. The molecular formula is C22H26N4O3S2. The number of anilines is 1. The Morgan fingerprint density at radius 1 is 1.23 bits per heavy atom. The number of fused-ring (bicyclic) bond motifs is 1. The van der Waals surface area contributed by atoms with E-state index in [2.05, 4.69) is 4.90 Å². The fourth-order valence-corrected chi connectivity index (χ4v) is 5.15. The molecular weight excluding hydrogens is 432 g/mol. The monoisotopic (exact) mass is 458 g/mol. The van der Waals surface area contributed by atoms with Crippen LogP contribution in [-0.2, 0) is 9.53 Å². The Morgan fingerprint density at radius 2 is 2.03 bits per heavy atom. The van der Waals surface area contributed by atoms with E-state index in [1.165, 1.54) is 22.6 Å². The molecule has 0 spiro atoms. The summed E-state index contributed by atoms with van der Waals surface area (Å²) in [6.45, 7) is 5.40. The normalized spacial score (nSPS) is 18.5. The van der Waals surface area contributed by atoms with Gasteiger partial charge in [-0.2, -0.15) is 0 Å². The predicted molar refractivity (Wildman–Crippen MR) is 129 cm³/mol. The number of rotatable bonds is 7. The summed E-state index contributed by atoms with van der Waals surface area (Å²) < 4.78 is 7.41. The number of carbonyl (C=O) groups excluding carboxylic acids is 1. The van der Waals surface area contributed by atoms with E-state index in [-0.39, 0.29) is 11.5 Å². The van der Waals surface area contributed by atoms with Crippen LogP contribution in [0.3, 0.4) is 0 Å². The number of pyridine rings is 1. The van der Waals surface area contributed by atoms with Crippen molar-refractivity contribution >= 4 is 51.7 Å². The first-order valence-electron chi connectivity index (χ1n) is 10.7. The zero-order valence-corrected chi connectivity index (χ0v) is 19.2. The van der Waals surface area contributed by atoms with E-state index in [1.54, 1.807) is 23.2 Å². The van der Waals surface area contributed by atoms with Gasteiger partial charge in [-0.1, -0.05) is 30.0 Å². The molecule has 0 bridgehead atoms. The van der Waals surface area contributed by atoms with E-state index in [1.807, 2.05) is 19.1 Å². The van der Waals surface area contributed by atoms with Crippen LogP contribution in [0.25, 0.3) is 11.7 Å². The highest BCUT2D eigenvalue weighted by molar-refractivity contribution is 8.26. The van der Waals surface area contributed by atoms with Crippen molar-refractivity contribution in [1.82, 2.24) is 14.3 Å². The quantitative estimate of drug-likeness (QED) is 0.358. The maximum atomic E-state index is 13.4. The Bertz CT molecular complexity index is 1080. The summed E-state index contributed by atoms with van der Waals surface area (Å²) in [7, 11) is 0. The SMILES string of the molecule is CCOCCCN1C(=O)/C(=C\c2c(N3CCCCC3)nc3ccccn3c2=O)SC1=S. The van der Waals surface area contributed by atoms with Crippen molar-refractivity contribution in [2.45, 2.75) is 32.6 Å². The second kappa shape index (κ2) is 9.93. The second-order valence-corrected chi connectivity index (χ2v) is 9.19. The van der Waals surface area contributed by atoms with E-state index >= 15 is 0 Å². The molecule has 0 aromatic carbocycles. The number of piperidine rings is 1. The van der Waals surface area contributed by atoms with Crippen molar-refractivity contribution in [3.63, 3.8) is 0 Å². The summed E-state index contributed by atoms with van der Waals surface area (Å²) >= 11 is 6.68. The summed E-state index contributed by atoms with van der Waals surface area (Å²) in [5.41, 5.74) is 0.877. The lowest BCUT2D eigenvalue weighted by Crippen LogP contribution is -2.33. The first-order chi connectivity index (χ1) is 15.1. The fraction of sp³-hybridized carbons (Fsp3) is 0.455. The number of amides is 1. The van der Waals surface area contributed by atoms with Crippen molar-refractivity contribution < 1.29 is 9.53 Å². The summed E-state index contributed by atoms with van der Waals surface area (Å²) in [4.78, 5) is 35.4. The van der Waals surface area contributed by atoms with Gasteiger partial charge in [-0.3, -0.25) is 18.9 Å². The molecule has 1 amide bonds. The molecule has 2 saturated heterocycles. The number of ether oxygens (including phenoxy) is 1. The Labute approximate surface area is 191 Å². The molecule has 2 aliphatic heterocycles. The lowest BCUT2D eigenvalue weighted by atomic mass is 10.1. The molecule has 4 heterocycles. The Kier molecular flexibility index (Phi) is 7.04. The number of hydrogen-bond acceptors (Lipinski definition) is 7. The van der Waals surface area contributed by atoms with Crippen LogP contribution in [0.4, 0.5) is 5.82 Å². The van der Waals surface area contributed by atoms with E-state index in [4.69, 9.17) is 21.9 Å². The van der Waals surface area contributed by atoms with Gasteiger partial charge in [0.05, 0.1) is 10.5 Å². The first kappa shape index (κ1) is 22.0. The van der Waals surface area contributed by atoms with E-state index < -0.39 is 0 Å². The van der Waals surface area contributed by atoms with Gasteiger partial charge in [-0.05, 0) is 50.8 Å². The van der Waals surface area contributed by atoms with Crippen LogP contribution in [0.15, 0.2) is 34.1 Å². The van der Waals surface area contributed by atoms with Gasteiger partial charge in [0.2, 0.25) is 0 Å². The minimum absolute atomic E-state index is 0.159. The topological polar surface area (TPSA) is 67.2 Å². The van der Waals surface area contributed by atoms with Crippen molar-refractivity contribution in [3.05, 3.63) is 45.2 Å². The molecule has 2 aliphatic rings. The minimum Gasteiger partial charge on any atom is -0.382 e. The van der Waals surface area contributed by atoms with Crippen LogP contribution in [0.5, 0.6) is 0 Å². The maximum absolute atomic E-state index is 13.4. The molecule has 0 saturated carbocycles. The molecule has 7 nitrogen and oxygen atoms in total. The van der Waals surface area contributed by atoms with Gasteiger partial charge in [-0.15, -0.1) is 0 Å². The summed E-state index contributed by atoms with van der Waals surface area (Å²) in [6, 6.07) is 5.50. The lowest BCUT2D eigenvalue weighted by Gasteiger charge is -2.29. The molecule has 2 fully saturated rings. The molecule has 2 aromatic rings. The van der Waals surface area contributed by atoms with Gasteiger partial charge in [0.15, 0.2) is 0 Å². The zero-order chi connectivity index (χ0) is 21.8. The van der Waals surface area contributed by atoms with Gasteiger partial charge in [0, 0.05) is 39.0 Å². The molecule has 4 rings (SSSR count). The Morgan fingerprint density at radius 3 is 2.81 bits per heavy atom. The molecule has 31 heavy (non-hydrogen) atoms. The number of aromatic nitrogens is 2. The molecule has 2 aromatic heterocycles. The third-order valence-corrected chi connectivity index (χ3v) is 6.81. The first-order valence-corrected chi connectivity index (χ1v) is 11.9. The van der Waals surface area contributed by atoms with Gasteiger partial charge in [0.1, 0.15) is 15.8 Å². The van der Waals surface area contributed by atoms with Crippen LogP contribution >= 0.6 is 24.0 Å². The molecule has 0 N–H and O–H groups in total. The summed E-state index contributed by atoms with van der Waals surface area (Å²) in [5, 5.41) is 0. The molecule has 0 unspecified atom stereocenters. The summed E-state index contributed by atoms with van der Waals surface area (Å²) in [6.07, 6.45) is 7.42. The van der Waals surface area contributed by atoms with Crippen molar-refractivity contribution in [3.8, 4) is 0 Å². The van der Waals surface area contributed by atoms with Gasteiger partial charge in [0.25, 0.3) is 11.5 Å². The van der Waals surface area contributed by atoms with Crippen LogP contribution in [0, 0.1) is 0 Å². The van der Waals surface area contributed by atoms with Crippen LogP contribution < -0.4 is 10.5 Å². The van der Waals surface area contributed by atoms with Crippen molar-refractivity contribution in [2.24, 2.45) is 0 Å².